The van der Waals surface area contributed by atoms with Crippen LogP contribution in [0.4, 0.5) is 0 Å². The molecule has 24 heavy (non-hydrogen) atoms. The predicted molar refractivity (Wildman–Crippen MR) is 102 cm³/mol. The van der Waals surface area contributed by atoms with Crippen LogP contribution in [-0.2, 0) is 11.3 Å². The number of nitrogens with one attached hydrogen (secondary N) is 2. The topological polar surface area (TPSA) is 58.5 Å². The first kappa shape index (κ1) is 19.2. The first-order chi connectivity index (χ1) is 11.6. The van der Waals surface area contributed by atoms with Gasteiger partial charge in [0.15, 0.2) is 5.96 Å². The first-order valence-electron chi connectivity index (χ1n) is 8.96. The van der Waals surface area contributed by atoms with Gasteiger partial charge in [-0.15, -0.1) is 11.3 Å². The highest BCUT2D eigenvalue weighted by molar-refractivity contribution is 7.09. The average Bonchev–Trinajstić information content (AvgIpc) is 3.23. The molecular formula is C18H32N4OS. The highest BCUT2D eigenvalue weighted by Gasteiger charge is 2.33. The molecule has 1 saturated carbocycles. The van der Waals surface area contributed by atoms with Gasteiger partial charge in [0.05, 0.1) is 17.2 Å². The van der Waals surface area contributed by atoms with E-state index in [9.17, 15) is 0 Å². The standard InChI is InChI=1S/C18H32N4OS/c1-14(2)16-22-15(12-24-16)11-20-17(19-3)21-13-18(9-10-23-4)7-5-6-8-18/h12,14H,5-11,13H2,1-4H3,(H2,19,20,21). The lowest BCUT2D eigenvalue weighted by atomic mass is 9.83. The maximum absolute atomic E-state index is 5.31. The van der Waals surface area contributed by atoms with Gasteiger partial charge in [-0.1, -0.05) is 26.7 Å². The fourth-order valence-corrected chi connectivity index (χ4v) is 4.13. The number of hydrogen-bond donors (Lipinski definition) is 2. The molecule has 2 rings (SSSR count). The van der Waals surface area contributed by atoms with Crippen LogP contribution in [0.15, 0.2) is 10.4 Å². The molecule has 5 nitrogen and oxygen atoms in total. The average molecular weight is 353 g/mol. The Hall–Kier alpha value is -1.14. The zero-order valence-corrected chi connectivity index (χ0v) is 16.3. The zero-order valence-electron chi connectivity index (χ0n) is 15.5. The molecule has 1 fully saturated rings. The molecule has 1 aliphatic rings. The molecule has 0 radical (unpaired) electrons. The lowest BCUT2D eigenvalue weighted by Crippen LogP contribution is -2.43. The molecule has 0 atom stereocenters. The van der Waals surface area contributed by atoms with Crippen molar-refractivity contribution in [1.82, 2.24) is 15.6 Å². The molecule has 0 amide bonds. The number of rotatable bonds is 8. The van der Waals surface area contributed by atoms with Crippen LogP contribution in [0.3, 0.4) is 0 Å². The van der Waals surface area contributed by atoms with Crippen molar-refractivity contribution in [2.45, 2.75) is 58.4 Å². The van der Waals surface area contributed by atoms with E-state index in [1.54, 1.807) is 18.4 Å². The highest BCUT2D eigenvalue weighted by atomic mass is 32.1. The molecule has 1 heterocycles. The fourth-order valence-electron chi connectivity index (χ4n) is 3.29. The van der Waals surface area contributed by atoms with Crippen molar-refractivity contribution in [1.29, 1.82) is 0 Å². The molecule has 1 aliphatic carbocycles. The molecular weight excluding hydrogens is 320 g/mol. The van der Waals surface area contributed by atoms with E-state index < -0.39 is 0 Å². The van der Waals surface area contributed by atoms with Gasteiger partial charge in [0.1, 0.15) is 0 Å². The Labute approximate surface area is 150 Å². The Morgan fingerprint density at radius 1 is 1.38 bits per heavy atom. The van der Waals surface area contributed by atoms with E-state index in [0.717, 1.165) is 31.2 Å². The van der Waals surface area contributed by atoms with Crippen molar-refractivity contribution in [3.05, 3.63) is 16.1 Å². The second kappa shape index (κ2) is 9.37. The van der Waals surface area contributed by atoms with Gasteiger partial charge >= 0.3 is 0 Å². The summed E-state index contributed by atoms with van der Waals surface area (Å²) in [5, 5.41) is 10.2. The summed E-state index contributed by atoms with van der Waals surface area (Å²) in [5.74, 6) is 1.35. The van der Waals surface area contributed by atoms with Crippen molar-refractivity contribution < 1.29 is 4.74 Å². The SMILES string of the molecule is CN=C(NCc1csc(C(C)C)n1)NCC1(CCOC)CCCC1. The van der Waals surface area contributed by atoms with E-state index in [1.165, 1.54) is 30.7 Å². The van der Waals surface area contributed by atoms with Gasteiger partial charge in [-0.25, -0.2) is 4.98 Å². The largest absolute Gasteiger partial charge is 0.385 e. The number of aliphatic imine (C=N–C) groups is 1. The number of ether oxygens (including phenoxy) is 1. The molecule has 0 bridgehead atoms. The summed E-state index contributed by atoms with van der Waals surface area (Å²) in [6.45, 7) is 6.87. The molecule has 0 saturated heterocycles. The van der Waals surface area contributed by atoms with Crippen LogP contribution >= 0.6 is 11.3 Å². The van der Waals surface area contributed by atoms with E-state index in [2.05, 4.69) is 39.8 Å². The van der Waals surface area contributed by atoms with Crippen LogP contribution in [0.5, 0.6) is 0 Å². The predicted octanol–water partition coefficient (Wildman–Crippen LogP) is 3.53. The van der Waals surface area contributed by atoms with Gasteiger partial charge in [0.2, 0.25) is 0 Å². The van der Waals surface area contributed by atoms with Gasteiger partial charge in [-0.2, -0.15) is 0 Å². The Balaban J connectivity index is 1.82. The van der Waals surface area contributed by atoms with Crippen LogP contribution in [0.25, 0.3) is 0 Å². The van der Waals surface area contributed by atoms with Gasteiger partial charge in [-0.3, -0.25) is 4.99 Å². The quantitative estimate of drug-likeness (QED) is 0.555. The molecule has 1 aromatic heterocycles. The molecule has 2 N–H and O–H groups in total. The number of guanidine groups is 1. The van der Waals surface area contributed by atoms with E-state index in [1.807, 2.05) is 7.05 Å². The van der Waals surface area contributed by atoms with Crippen molar-refractivity contribution in [2.75, 3.05) is 27.3 Å². The van der Waals surface area contributed by atoms with Crippen molar-refractivity contribution in [3.63, 3.8) is 0 Å². The van der Waals surface area contributed by atoms with Crippen LogP contribution < -0.4 is 10.6 Å². The van der Waals surface area contributed by atoms with Gasteiger partial charge < -0.3 is 15.4 Å². The Morgan fingerprint density at radius 3 is 2.71 bits per heavy atom. The summed E-state index contributed by atoms with van der Waals surface area (Å²) in [6, 6.07) is 0. The zero-order chi connectivity index (χ0) is 17.4. The first-order valence-corrected chi connectivity index (χ1v) is 9.84. The van der Waals surface area contributed by atoms with Crippen LogP contribution in [0.1, 0.15) is 62.6 Å². The molecule has 0 aliphatic heterocycles. The van der Waals surface area contributed by atoms with Gasteiger partial charge in [0.25, 0.3) is 0 Å². The van der Waals surface area contributed by atoms with Crippen molar-refractivity contribution in [3.8, 4) is 0 Å². The summed E-state index contributed by atoms with van der Waals surface area (Å²) < 4.78 is 5.31. The summed E-state index contributed by atoms with van der Waals surface area (Å²) in [6.07, 6.45) is 6.34. The maximum Gasteiger partial charge on any atom is 0.191 e. The van der Waals surface area contributed by atoms with E-state index in [4.69, 9.17) is 4.74 Å². The molecule has 136 valence electrons. The highest BCUT2D eigenvalue weighted by Crippen LogP contribution is 2.40. The Kier molecular flexibility index (Phi) is 7.49. The number of hydrogen-bond acceptors (Lipinski definition) is 4. The van der Waals surface area contributed by atoms with E-state index in [0.29, 0.717) is 17.9 Å². The normalized spacial score (nSPS) is 17.5. The lowest BCUT2D eigenvalue weighted by molar-refractivity contribution is 0.138. The molecule has 0 spiro atoms. The smallest absolute Gasteiger partial charge is 0.191 e. The third-order valence-electron chi connectivity index (χ3n) is 4.86. The number of nitrogens with zero attached hydrogens (tertiary/aromatic N) is 2. The van der Waals surface area contributed by atoms with E-state index in [-0.39, 0.29) is 0 Å². The van der Waals surface area contributed by atoms with Crippen molar-refractivity contribution in [2.24, 2.45) is 10.4 Å². The Bertz CT molecular complexity index is 521. The van der Waals surface area contributed by atoms with Crippen LogP contribution in [0, 0.1) is 5.41 Å². The molecule has 0 unspecified atom stereocenters. The summed E-state index contributed by atoms with van der Waals surface area (Å²) >= 11 is 1.73. The van der Waals surface area contributed by atoms with Crippen LogP contribution in [-0.4, -0.2) is 38.3 Å². The summed E-state index contributed by atoms with van der Waals surface area (Å²) in [4.78, 5) is 9.02. The number of thiazole rings is 1. The van der Waals surface area contributed by atoms with Gasteiger partial charge in [0, 0.05) is 38.6 Å². The minimum atomic E-state index is 0.360. The molecule has 1 aromatic rings. The number of aromatic nitrogens is 1. The second-order valence-corrected chi connectivity index (χ2v) is 7.95. The Morgan fingerprint density at radius 2 is 2.12 bits per heavy atom. The van der Waals surface area contributed by atoms with Gasteiger partial charge in [-0.05, 0) is 24.7 Å². The van der Waals surface area contributed by atoms with E-state index >= 15 is 0 Å². The summed E-state index contributed by atoms with van der Waals surface area (Å²) in [7, 11) is 3.61. The lowest BCUT2D eigenvalue weighted by Gasteiger charge is -2.29. The third-order valence-corrected chi connectivity index (χ3v) is 6.05. The summed E-state index contributed by atoms with van der Waals surface area (Å²) in [5.41, 5.74) is 1.45. The number of methoxy groups -OCH3 is 1. The minimum Gasteiger partial charge on any atom is -0.385 e. The monoisotopic (exact) mass is 352 g/mol. The third kappa shape index (κ3) is 5.45. The fraction of sp³-hybridized carbons (Fsp3) is 0.778. The molecule has 6 heteroatoms. The second-order valence-electron chi connectivity index (χ2n) is 7.06. The minimum absolute atomic E-state index is 0.360. The van der Waals surface area contributed by atoms with Crippen molar-refractivity contribution >= 4 is 17.3 Å². The maximum atomic E-state index is 5.31. The molecule has 0 aromatic carbocycles. The van der Waals surface area contributed by atoms with Crippen LogP contribution in [0.2, 0.25) is 0 Å².